The van der Waals surface area contributed by atoms with E-state index in [1.54, 1.807) is 0 Å². The Balaban J connectivity index is 2.30. The number of benzene rings is 1. The summed E-state index contributed by atoms with van der Waals surface area (Å²) in [5.74, 6) is 0. The first-order chi connectivity index (χ1) is 8.61. The molecule has 19 heavy (non-hydrogen) atoms. The zero-order chi connectivity index (χ0) is 14.4. The number of hydrogen-bond donors (Lipinski definition) is 1. The Morgan fingerprint density at radius 3 is 2.58 bits per heavy atom. The second kappa shape index (κ2) is 5.06. The predicted molar refractivity (Wildman–Crippen MR) is 85.4 cm³/mol. The quantitative estimate of drug-likeness (QED) is 0.819. The molecule has 0 heterocycles. The zero-order valence-electron chi connectivity index (χ0n) is 12.2. The Labute approximate surface area is 127 Å². The van der Waals surface area contributed by atoms with Crippen molar-refractivity contribution in [2.24, 2.45) is 5.41 Å². The molecule has 2 atom stereocenters. The van der Waals surface area contributed by atoms with E-state index in [9.17, 15) is 4.55 Å². The summed E-state index contributed by atoms with van der Waals surface area (Å²) in [6.07, 6.45) is 1.01. The second-order valence-corrected chi connectivity index (χ2v) is 9.85. The number of halogens is 1. The van der Waals surface area contributed by atoms with E-state index in [2.05, 4.69) is 52.7 Å². The molecule has 0 bridgehead atoms. The highest BCUT2D eigenvalue weighted by Crippen LogP contribution is 2.46. The van der Waals surface area contributed by atoms with E-state index >= 15 is 0 Å². The maximum atomic E-state index is 12.4. The van der Waals surface area contributed by atoms with Gasteiger partial charge in [-0.15, -0.1) is 4.72 Å². The Morgan fingerprint density at radius 2 is 2.00 bits per heavy atom. The normalized spacial score (nSPS) is 23.2. The molecule has 1 aliphatic rings. The number of rotatable bonds is 2. The number of fused-ring (bicyclic) bond motifs is 1. The second-order valence-electron chi connectivity index (χ2n) is 6.94. The first-order valence-corrected chi connectivity index (χ1v) is 8.52. The van der Waals surface area contributed by atoms with Crippen molar-refractivity contribution in [1.29, 1.82) is 0 Å². The SMILES string of the molecule is CC1(C)Cc2cc(Br)ccc2[C@@H]1N[S@@+]([O-])C(C)(C)C. The molecule has 2 nitrogen and oxygen atoms in total. The minimum absolute atomic E-state index is 0.0873. The maximum absolute atomic E-state index is 12.4. The Hall–Kier alpha value is -0.0300. The molecule has 0 saturated heterocycles. The molecule has 0 spiro atoms. The van der Waals surface area contributed by atoms with Gasteiger partial charge in [-0.25, -0.2) is 0 Å². The third-order valence-electron chi connectivity index (χ3n) is 3.62. The van der Waals surface area contributed by atoms with Crippen LogP contribution in [-0.2, 0) is 17.8 Å². The van der Waals surface area contributed by atoms with Gasteiger partial charge in [-0.1, -0.05) is 35.8 Å². The number of hydrogen-bond acceptors (Lipinski definition) is 2. The summed E-state index contributed by atoms with van der Waals surface area (Å²) in [6.45, 7) is 10.5. The maximum Gasteiger partial charge on any atom is 0.136 e. The van der Waals surface area contributed by atoms with Gasteiger partial charge in [-0.3, -0.25) is 0 Å². The van der Waals surface area contributed by atoms with Gasteiger partial charge in [0, 0.05) is 15.8 Å². The molecule has 1 aromatic rings. The molecule has 4 heteroatoms. The van der Waals surface area contributed by atoms with Crippen molar-refractivity contribution in [1.82, 2.24) is 4.72 Å². The van der Waals surface area contributed by atoms with E-state index in [4.69, 9.17) is 0 Å². The third-order valence-corrected chi connectivity index (χ3v) is 5.68. The first-order valence-electron chi connectivity index (χ1n) is 6.58. The Morgan fingerprint density at radius 1 is 1.37 bits per heavy atom. The fourth-order valence-corrected chi connectivity index (χ4v) is 3.95. The van der Waals surface area contributed by atoms with Crippen molar-refractivity contribution in [3.8, 4) is 0 Å². The molecule has 1 N–H and O–H groups in total. The highest BCUT2D eigenvalue weighted by molar-refractivity contribution is 9.10. The highest BCUT2D eigenvalue weighted by atomic mass is 79.9. The molecule has 106 valence electrons. The van der Waals surface area contributed by atoms with Crippen LogP contribution < -0.4 is 4.72 Å². The van der Waals surface area contributed by atoms with Crippen LogP contribution in [-0.4, -0.2) is 9.30 Å². The van der Waals surface area contributed by atoms with Gasteiger partial charge >= 0.3 is 0 Å². The van der Waals surface area contributed by atoms with Crippen molar-refractivity contribution in [2.75, 3.05) is 0 Å². The number of nitrogens with one attached hydrogen (secondary N) is 1. The van der Waals surface area contributed by atoms with Gasteiger partial charge in [0.15, 0.2) is 0 Å². The predicted octanol–water partition coefficient (Wildman–Crippen LogP) is 4.12. The van der Waals surface area contributed by atoms with Crippen LogP contribution in [0.3, 0.4) is 0 Å². The molecule has 0 fully saturated rings. The van der Waals surface area contributed by atoms with Gasteiger partial charge < -0.3 is 4.55 Å². The molecule has 2 rings (SSSR count). The Kier molecular flexibility index (Phi) is 4.09. The fourth-order valence-electron chi connectivity index (χ4n) is 2.53. The van der Waals surface area contributed by atoms with Crippen LogP contribution in [0.4, 0.5) is 0 Å². The molecule has 0 amide bonds. The standard InChI is InChI=1S/C15H22BrNOS/c1-14(2,3)19(18)17-13-12-7-6-11(16)8-10(12)9-15(13,4)5/h6-8,13,17H,9H2,1-5H3/t13-,19-/m0/s1. The van der Waals surface area contributed by atoms with Crippen molar-refractivity contribution in [3.63, 3.8) is 0 Å². The van der Waals surface area contributed by atoms with E-state index < -0.39 is 11.4 Å². The largest absolute Gasteiger partial charge is 0.598 e. The van der Waals surface area contributed by atoms with E-state index in [1.807, 2.05) is 20.8 Å². The minimum Gasteiger partial charge on any atom is -0.598 e. The molecular formula is C15H22BrNOS. The molecule has 1 aliphatic carbocycles. The topological polar surface area (TPSA) is 35.1 Å². The summed E-state index contributed by atoms with van der Waals surface area (Å²) in [6, 6.07) is 6.54. The minimum atomic E-state index is -1.05. The van der Waals surface area contributed by atoms with Crippen LogP contribution in [0.25, 0.3) is 0 Å². The summed E-state index contributed by atoms with van der Waals surface area (Å²) in [7, 11) is 0. The summed E-state index contributed by atoms with van der Waals surface area (Å²) >= 11 is 2.48. The van der Waals surface area contributed by atoms with Gasteiger partial charge in [0.1, 0.15) is 4.75 Å². The van der Waals surface area contributed by atoms with Crippen LogP contribution in [0, 0.1) is 5.41 Å². The zero-order valence-corrected chi connectivity index (χ0v) is 14.6. The average molecular weight is 344 g/mol. The summed E-state index contributed by atoms with van der Waals surface area (Å²) in [5, 5.41) is 0. The highest BCUT2D eigenvalue weighted by Gasteiger charge is 2.43. The van der Waals surface area contributed by atoms with Crippen molar-refractivity contribution < 1.29 is 4.55 Å². The fraction of sp³-hybridized carbons (Fsp3) is 0.600. The van der Waals surface area contributed by atoms with E-state index in [-0.39, 0.29) is 16.2 Å². The molecule has 0 aromatic heterocycles. The van der Waals surface area contributed by atoms with Crippen molar-refractivity contribution in [3.05, 3.63) is 33.8 Å². The lowest BCUT2D eigenvalue weighted by molar-refractivity contribution is 0.297. The summed E-state index contributed by atoms with van der Waals surface area (Å²) in [4.78, 5) is 0. The third kappa shape index (κ3) is 3.18. The first kappa shape index (κ1) is 15.4. The van der Waals surface area contributed by atoms with E-state index in [0.29, 0.717) is 0 Å². The van der Waals surface area contributed by atoms with Gasteiger partial charge in [-0.2, -0.15) is 0 Å². The van der Waals surface area contributed by atoms with Crippen molar-refractivity contribution in [2.45, 2.75) is 51.8 Å². The van der Waals surface area contributed by atoms with Crippen LogP contribution >= 0.6 is 15.9 Å². The monoisotopic (exact) mass is 343 g/mol. The molecule has 1 aromatic carbocycles. The molecule has 0 unspecified atom stereocenters. The molecular weight excluding hydrogens is 322 g/mol. The van der Waals surface area contributed by atoms with Gasteiger partial charge in [0.25, 0.3) is 0 Å². The molecule has 0 radical (unpaired) electrons. The lowest BCUT2D eigenvalue weighted by atomic mass is 9.86. The Bertz CT molecular complexity index is 482. The summed E-state index contributed by atoms with van der Waals surface area (Å²) < 4.78 is 16.6. The lowest BCUT2D eigenvalue weighted by Crippen LogP contribution is -2.44. The average Bonchev–Trinajstić information content (AvgIpc) is 2.47. The summed E-state index contributed by atoms with van der Waals surface area (Å²) in [5.41, 5.74) is 2.72. The smallest absolute Gasteiger partial charge is 0.136 e. The van der Waals surface area contributed by atoms with Gasteiger partial charge in [0.2, 0.25) is 0 Å². The molecule has 0 aliphatic heterocycles. The van der Waals surface area contributed by atoms with Gasteiger partial charge in [-0.05, 0) is 55.9 Å². The van der Waals surface area contributed by atoms with Crippen molar-refractivity contribution >= 4 is 27.3 Å². The van der Waals surface area contributed by atoms with E-state index in [0.717, 1.165) is 10.9 Å². The van der Waals surface area contributed by atoms with Crippen LogP contribution in [0.5, 0.6) is 0 Å². The molecule has 0 saturated carbocycles. The van der Waals surface area contributed by atoms with Crippen LogP contribution in [0.15, 0.2) is 22.7 Å². The van der Waals surface area contributed by atoms with Crippen LogP contribution in [0.1, 0.15) is 51.8 Å². The van der Waals surface area contributed by atoms with Gasteiger partial charge in [0.05, 0.1) is 6.04 Å². The van der Waals surface area contributed by atoms with Crippen LogP contribution in [0.2, 0.25) is 0 Å². The lowest BCUT2D eigenvalue weighted by Gasteiger charge is -2.32. The van der Waals surface area contributed by atoms with E-state index in [1.165, 1.54) is 11.1 Å².